The number of phenols is 1. The fraction of sp³-hybridized carbons (Fsp3) is 0.418. The molecule has 516 valence electrons. The Bertz CT molecular complexity index is 3820. The SMILES string of the molecule is CC(C)C[C@H](NC(=O)[C@@H](Cc1ccc2ccccc2c1)NC(=O)[C@H](Cc1ccc(O)cc1)NC(=O)[C@H](CO)NC(=O)[C@H](Cc1c[nH]c2ccccc12)NC(=O)[C@H](Cc1cnc[nH]1)NC(=O)[C@@H]1CCC(=O)N1)C(=O)N[C@@H](CCCN=C(N)N)C(=O)N1CCC[C@H]1C(=O)NCCC(N)=O. The number of fused-ring (bicyclic) bond motifs is 2. The lowest BCUT2D eigenvalue weighted by Gasteiger charge is -2.30. The summed E-state index contributed by atoms with van der Waals surface area (Å²) in [4.78, 5) is 169. The van der Waals surface area contributed by atoms with Crippen LogP contribution in [0.15, 0.2) is 115 Å². The van der Waals surface area contributed by atoms with Crippen LogP contribution >= 0.6 is 0 Å². The number of rotatable bonds is 34. The number of aliphatic hydroxyl groups is 1. The van der Waals surface area contributed by atoms with Gasteiger partial charge in [-0.05, 0) is 90.1 Å². The number of aromatic amines is 2. The third-order valence-electron chi connectivity index (χ3n) is 16.8. The first-order valence-electron chi connectivity index (χ1n) is 32.2. The maximum absolute atomic E-state index is 15.1. The Morgan fingerprint density at radius 1 is 0.660 bits per heavy atom. The number of aliphatic imine (C=N–C) groups is 1. The number of hydrogen-bond donors (Lipinski definition) is 16. The summed E-state index contributed by atoms with van der Waals surface area (Å²) in [6, 6.07) is 13.6. The summed E-state index contributed by atoms with van der Waals surface area (Å²) in [5, 5.41) is 47.8. The number of imidazole rings is 1. The molecule has 2 aromatic heterocycles. The van der Waals surface area contributed by atoms with Crippen molar-refractivity contribution in [3.63, 3.8) is 0 Å². The van der Waals surface area contributed by atoms with E-state index in [-0.39, 0.29) is 107 Å². The molecule has 0 saturated carbocycles. The molecule has 0 bridgehead atoms. The number of carbonyl (C=O) groups excluding carboxylic acids is 11. The molecule has 2 aliphatic rings. The molecular weight excluding hydrogens is 1250 g/mol. The molecule has 11 amide bonds. The van der Waals surface area contributed by atoms with Crippen LogP contribution in [0.1, 0.15) is 87.6 Å². The van der Waals surface area contributed by atoms with Gasteiger partial charge < -0.3 is 90.1 Å². The Morgan fingerprint density at radius 2 is 1.26 bits per heavy atom. The highest BCUT2D eigenvalue weighted by atomic mass is 16.3. The number of nitrogens with zero attached hydrogens (tertiary/aromatic N) is 3. The molecule has 2 saturated heterocycles. The van der Waals surface area contributed by atoms with Gasteiger partial charge in [0.15, 0.2) is 5.96 Å². The van der Waals surface area contributed by atoms with E-state index < -0.39 is 120 Å². The molecule has 9 atom stereocenters. The third-order valence-corrected chi connectivity index (χ3v) is 16.8. The minimum absolute atomic E-state index is 0.00662. The van der Waals surface area contributed by atoms with Gasteiger partial charge in [0, 0.05) is 87.1 Å². The summed E-state index contributed by atoms with van der Waals surface area (Å²) in [5.41, 5.74) is 19.2. The van der Waals surface area contributed by atoms with Crippen molar-refractivity contribution in [2.75, 3.05) is 26.2 Å². The number of primary amides is 1. The van der Waals surface area contributed by atoms with Crippen molar-refractivity contribution >= 4 is 92.6 Å². The fourth-order valence-corrected chi connectivity index (χ4v) is 11.7. The van der Waals surface area contributed by atoms with Crippen LogP contribution in [0.25, 0.3) is 21.7 Å². The van der Waals surface area contributed by atoms with Crippen molar-refractivity contribution < 1.29 is 63.0 Å². The average Bonchev–Trinajstić information content (AvgIpc) is 1.79. The predicted octanol–water partition coefficient (Wildman–Crippen LogP) is -1.23. The number of likely N-dealkylation sites (tertiary alicyclic amines) is 1. The van der Waals surface area contributed by atoms with Crippen molar-refractivity contribution in [1.82, 2.24) is 67.7 Å². The number of amides is 11. The number of para-hydroxylation sites is 1. The molecule has 2 fully saturated rings. The zero-order valence-corrected chi connectivity index (χ0v) is 53.9. The molecule has 19 N–H and O–H groups in total. The van der Waals surface area contributed by atoms with Crippen molar-refractivity contribution in [2.24, 2.45) is 28.1 Å². The molecule has 8 rings (SSSR count). The number of nitrogens with one attached hydrogen (secondary N) is 11. The van der Waals surface area contributed by atoms with Gasteiger partial charge in [0.1, 0.15) is 60.1 Å². The second-order valence-corrected chi connectivity index (χ2v) is 24.6. The van der Waals surface area contributed by atoms with Crippen LogP contribution in [0.4, 0.5) is 0 Å². The highest BCUT2D eigenvalue weighted by Crippen LogP contribution is 2.23. The largest absolute Gasteiger partial charge is 0.508 e. The highest BCUT2D eigenvalue weighted by Gasteiger charge is 2.40. The lowest BCUT2D eigenvalue weighted by Crippen LogP contribution is -2.61. The smallest absolute Gasteiger partial charge is 0.245 e. The number of benzene rings is 4. The number of guanidine groups is 1. The second-order valence-electron chi connectivity index (χ2n) is 24.6. The van der Waals surface area contributed by atoms with Crippen LogP contribution in [0.2, 0.25) is 0 Å². The fourth-order valence-electron chi connectivity index (χ4n) is 11.7. The number of phenolic OH excluding ortho intramolecular Hbond substituents is 1. The molecule has 0 aliphatic carbocycles. The predicted molar refractivity (Wildman–Crippen MR) is 356 cm³/mol. The van der Waals surface area contributed by atoms with Crippen molar-refractivity contribution in [2.45, 2.75) is 145 Å². The van der Waals surface area contributed by atoms with E-state index in [1.165, 1.54) is 41.7 Å². The van der Waals surface area contributed by atoms with E-state index in [9.17, 15) is 53.4 Å². The second kappa shape index (κ2) is 34.5. The minimum atomic E-state index is -1.80. The van der Waals surface area contributed by atoms with E-state index in [1.54, 1.807) is 36.5 Å². The van der Waals surface area contributed by atoms with E-state index in [2.05, 4.69) is 67.8 Å². The van der Waals surface area contributed by atoms with Crippen molar-refractivity contribution in [3.05, 3.63) is 132 Å². The molecule has 97 heavy (non-hydrogen) atoms. The normalized spacial score (nSPS) is 16.5. The average molecular weight is 1340 g/mol. The van der Waals surface area contributed by atoms with Crippen LogP contribution < -0.4 is 65.1 Å². The van der Waals surface area contributed by atoms with Gasteiger partial charge in [0.2, 0.25) is 65.0 Å². The van der Waals surface area contributed by atoms with Crippen LogP contribution in [0.5, 0.6) is 5.75 Å². The summed E-state index contributed by atoms with van der Waals surface area (Å²) in [6.45, 7) is 2.80. The van der Waals surface area contributed by atoms with Crippen LogP contribution in [0, 0.1) is 5.92 Å². The molecule has 0 unspecified atom stereocenters. The first-order valence-corrected chi connectivity index (χ1v) is 32.2. The van der Waals surface area contributed by atoms with Gasteiger partial charge in [0.05, 0.1) is 12.9 Å². The van der Waals surface area contributed by atoms with E-state index >= 15 is 9.59 Å². The Balaban J connectivity index is 1.05. The summed E-state index contributed by atoms with van der Waals surface area (Å²) in [5.74, 6) is -8.68. The molecule has 2 aliphatic heterocycles. The van der Waals surface area contributed by atoms with Gasteiger partial charge in [0.25, 0.3) is 0 Å². The van der Waals surface area contributed by atoms with Crippen LogP contribution in [-0.2, 0) is 78.4 Å². The quantitative estimate of drug-likeness (QED) is 0.0128. The lowest BCUT2D eigenvalue weighted by atomic mass is 9.98. The first-order chi connectivity index (χ1) is 46.5. The number of H-pyrrole nitrogens is 2. The van der Waals surface area contributed by atoms with Crippen LogP contribution in [-0.4, -0.2) is 182 Å². The van der Waals surface area contributed by atoms with Gasteiger partial charge in [-0.15, -0.1) is 0 Å². The number of hydrogen-bond acceptors (Lipinski definition) is 15. The van der Waals surface area contributed by atoms with Crippen LogP contribution in [0.3, 0.4) is 0 Å². The summed E-state index contributed by atoms with van der Waals surface area (Å²) >= 11 is 0. The number of carbonyl (C=O) groups is 11. The molecule has 4 heterocycles. The summed E-state index contributed by atoms with van der Waals surface area (Å²) in [6.07, 6.45) is 4.88. The Kier molecular flexibility index (Phi) is 25.6. The molecule has 0 spiro atoms. The maximum atomic E-state index is 15.1. The van der Waals surface area contributed by atoms with E-state index in [0.29, 0.717) is 46.1 Å². The number of aromatic nitrogens is 3. The number of aliphatic hydroxyl groups excluding tert-OH is 1. The van der Waals surface area contributed by atoms with E-state index in [1.807, 2.05) is 50.2 Å². The number of aromatic hydroxyl groups is 1. The zero-order chi connectivity index (χ0) is 69.7. The van der Waals surface area contributed by atoms with Crippen molar-refractivity contribution in [1.29, 1.82) is 0 Å². The summed E-state index contributed by atoms with van der Waals surface area (Å²) in [7, 11) is 0. The number of nitrogens with two attached hydrogens (primary N) is 3. The first kappa shape index (κ1) is 71.9. The monoisotopic (exact) mass is 1340 g/mol. The Labute approximate surface area is 558 Å². The van der Waals surface area contributed by atoms with Gasteiger partial charge in [-0.3, -0.25) is 57.7 Å². The lowest BCUT2D eigenvalue weighted by molar-refractivity contribution is -0.142. The summed E-state index contributed by atoms with van der Waals surface area (Å²) < 4.78 is 0. The van der Waals surface area contributed by atoms with Gasteiger partial charge in [-0.2, -0.15) is 0 Å². The van der Waals surface area contributed by atoms with E-state index in [0.717, 1.165) is 10.8 Å². The minimum Gasteiger partial charge on any atom is -0.508 e. The standard InChI is InChI=1S/C67H85N17O13/c1-37(2)27-49(59(90)77-48(13-7-24-73-67(69)70)66(97)84-26-8-14-55(84)65(96)72-25-23-56(68)87)78-61(92)51(30-39-15-18-40-9-3-4-10-41(40)28-39)79-60(91)50(29-38-16-19-44(86)20-17-38)80-64(95)54(35-85)83-62(93)52(31-42-33-74-46-12-6-5-11-45(42)46)81-63(94)53(32-43-34-71-36-75-43)82-58(89)47-21-22-57(88)76-47/h3-6,9-12,15-20,28,33-34,36-37,47-55,74,85-86H,7-8,13-14,21-27,29-32,35H2,1-2H3,(H2,68,87)(H,71,75)(H,72,96)(H,76,88)(H,77,90)(H,78,92)(H,79,91)(H,80,95)(H,81,94)(H,82,89)(H,83,93)(H4,69,70,73)/t47-,48-,49-,50-,51+,52-,53-,54-,55-/m0/s1. The molecular formula is C67H85N17O13. The molecule has 0 radical (unpaired) electrons. The third kappa shape index (κ3) is 20.8. The molecule has 6 aromatic rings. The van der Waals surface area contributed by atoms with Gasteiger partial charge in [-0.25, -0.2) is 4.98 Å². The van der Waals surface area contributed by atoms with Crippen molar-refractivity contribution in [3.8, 4) is 5.75 Å². The maximum Gasteiger partial charge on any atom is 0.245 e. The van der Waals surface area contributed by atoms with Gasteiger partial charge >= 0.3 is 0 Å². The molecule has 30 heteroatoms. The Hall–Kier alpha value is -10.9. The molecule has 30 nitrogen and oxygen atoms in total. The Morgan fingerprint density at radius 3 is 1.90 bits per heavy atom. The molecule has 4 aromatic carbocycles. The van der Waals surface area contributed by atoms with E-state index in [4.69, 9.17) is 17.2 Å². The topological polar surface area (TPSA) is 475 Å². The van der Waals surface area contributed by atoms with Gasteiger partial charge in [-0.1, -0.05) is 86.6 Å². The zero-order valence-electron chi connectivity index (χ0n) is 53.9. The highest BCUT2D eigenvalue weighted by molar-refractivity contribution is 6.00.